The third-order valence-electron chi connectivity index (χ3n) is 2.41. The van der Waals surface area contributed by atoms with Gasteiger partial charge >= 0.3 is 0 Å². The van der Waals surface area contributed by atoms with Crippen LogP contribution in [0.5, 0.6) is 0 Å². The van der Waals surface area contributed by atoms with Crippen LogP contribution in [0.3, 0.4) is 0 Å². The first-order valence-electron chi connectivity index (χ1n) is 5.06. The molecule has 0 radical (unpaired) electrons. The second-order valence-corrected chi connectivity index (χ2v) is 4.39. The predicted molar refractivity (Wildman–Crippen MR) is 54.5 cm³/mol. The largest absolute Gasteiger partial charge is 0.302 e. The molecule has 0 atom stereocenters. The van der Waals surface area contributed by atoms with Gasteiger partial charge in [0.15, 0.2) is 0 Å². The number of carbonyl (C=O) groups excluding carboxylic acids is 1. The van der Waals surface area contributed by atoms with Crippen LogP contribution in [0.25, 0.3) is 0 Å². The Bertz CT molecular complexity index is 234. The second kappa shape index (κ2) is 4.43. The molecule has 0 aromatic rings. The first-order valence-corrected chi connectivity index (χ1v) is 5.06. The molecular formula is C12H18O. The smallest absolute Gasteiger partial charge is 0.129 e. The normalized spacial score (nSPS) is 17.8. The first-order chi connectivity index (χ1) is 6.14. The molecule has 0 aliphatic heterocycles. The Balaban J connectivity index is 2.66. The molecule has 1 aliphatic rings. The van der Waals surface area contributed by atoms with Crippen molar-refractivity contribution >= 4 is 6.29 Å². The summed E-state index contributed by atoms with van der Waals surface area (Å²) in [5.74, 6) is 0. The summed E-state index contributed by atoms with van der Waals surface area (Å²) in [6.45, 7) is 3.83. The van der Waals surface area contributed by atoms with E-state index in [1.807, 2.05) is 19.9 Å². The van der Waals surface area contributed by atoms with Gasteiger partial charge in [-0.2, -0.15) is 0 Å². The summed E-state index contributed by atoms with van der Waals surface area (Å²) in [7, 11) is 0. The van der Waals surface area contributed by atoms with Crippen molar-refractivity contribution in [2.24, 2.45) is 5.41 Å². The van der Waals surface area contributed by atoms with E-state index in [-0.39, 0.29) is 5.41 Å². The van der Waals surface area contributed by atoms with Crippen LogP contribution in [0.2, 0.25) is 0 Å². The molecule has 0 saturated heterocycles. The number of rotatable bonds is 2. The average molecular weight is 178 g/mol. The van der Waals surface area contributed by atoms with E-state index in [2.05, 4.69) is 5.73 Å². The molecule has 0 aromatic heterocycles. The molecule has 0 heterocycles. The van der Waals surface area contributed by atoms with Gasteiger partial charge in [0, 0.05) is 5.41 Å². The van der Waals surface area contributed by atoms with E-state index >= 15 is 0 Å². The number of aldehydes is 1. The van der Waals surface area contributed by atoms with Crippen LogP contribution >= 0.6 is 0 Å². The van der Waals surface area contributed by atoms with Crippen LogP contribution in [0.15, 0.2) is 17.4 Å². The van der Waals surface area contributed by atoms with Crippen molar-refractivity contribution in [1.29, 1.82) is 0 Å². The van der Waals surface area contributed by atoms with Crippen molar-refractivity contribution in [2.45, 2.75) is 46.0 Å². The highest BCUT2D eigenvalue weighted by Gasteiger charge is 2.11. The molecule has 0 amide bonds. The van der Waals surface area contributed by atoms with E-state index in [0.717, 1.165) is 6.29 Å². The maximum Gasteiger partial charge on any atom is 0.129 e. The molecule has 1 fully saturated rings. The molecule has 1 nitrogen and oxygen atoms in total. The molecule has 0 spiro atoms. The van der Waals surface area contributed by atoms with Crippen molar-refractivity contribution in [2.75, 3.05) is 0 Å². The van der Waals surface area contributed by atoms with Crippen LogP contribution in [-0.4, -0.2) is 6.29 Å². The molecule has 0 aromatic carbocycles. The minimum atomic E-state index is -0.343. The molecular weight excluding hydrogens is 160 g/mol. The number of carbonyl (C=O) groups is 1. The summed E-state index contributed by atoms with van der Waals surface area (Å²) >= 11 is 0. The standard InChI is InChI=1S/C12H18O/c1-12(2,10-13)9-8-11-6-4-3-5-7-11/h9-10H,3-7H2,1-2H3. The van der Waals surface area contributed by atoms with Crippen LogP contribution in [0.4, 0.5) is 0 Å². The fourth-order valence-electron chi connectivity index (χ4n) is 1.44. The fourth-order valence-corrected chi connectivity index (χ4v) is 1.44. The lowest BCUT2D eigenvalue weighted by atomic mass is 9.92. The highest BCUT2D eigenvalue weighted by atomic mass is 16.1. The van der Waals surface area contributed by atoms with Crippen molar-refractivity contribution in [3.8, 4) is 0 Å². The van der Waals surface area contributed by atoms with Gasteiger partial charge in [-0.1, -0.05) is 6.42 Å². The highest BCUT2D eigenvalue weighted by Crippen LogP contribution is 2.22. The van der Waals surface area contributed by atoms with Crippen molar-refractivity contribution in [3.05, 3.63) is 17.4 Å². The zero-order valence-corrected chi connectivity index (χ0v) is 8.60. The van der Waals surface area contributed by atoms with E-state index < -0.39 is 0 Å². The summed E-state index contributed by atoms with van der Waals surface area (Å²) < 4.78 is 0. The SMILES string of the molecule is CC(C)(C=O)C=C=C1CCCCC1. The molecule has 1 aliphatic carbocycles. The van der Waals surface area contributed by atoms with Crippen molar-refractivity contribution < 1.29 is 4.79 Å². The average Bonchev–Trinajstić information content (AvgIpc) is 2.17. The molecule has 72 valence electrons. The van der Waals surface area contributed by atoms with E-state index in [9.17, 15) is 4.79 Å². The Labute approximate surface area is 80.5 Å². The molecule has 0 unspecified atom stereocenters. The summed E-state index contributed by atoms with van der Waals surface area (Å²) in [5.41, 5.74) is 4.32. The minimum Gasteiger partial charge on any atom is -0.302 e. The molecule has 13 heavy (non-hydrogen) atoms. The van der Waals surface area contributed by atoms with Crippen LogP contribution in [0, 0.1) is 5.41 Å². The van der Waals surface area contributed by atoms with E-state index in [0.29, 0.717) is 0 Å². The van der Waals surface area contributed by atoms with Crippen LogP contribution in [0.1, 0.15) is 46.0 Å². The Morgan fingerprint density at radius 3 is 2.38 bits per heavy atom. The maximum atomic E-state index is 10.6. The fraction of sp³-hybridized carbons (Fsp3) is 0.667. The van der Waals surface area contributed by atoms with Gasteiger partial charge < -0.3 is 4.79 Å². The number of allylic oxidation sites excluding steroid dienone is 1. The lowest BCUT2D eigenvalue weighted by molar-refractivity contribution is -0.112. The third kappa shape index (κ3) is 3.61. The quantitative estimate of drug-likeness (QED) is 0.468. The van der Waals surface area contributed by atoms with Crippen LogP contribution < -0.4 is 0 Å². The lowest BCUT2D eigenvalue weighted by Crippen LogP contribution is -2.07. The molecule has 0 bridgehead atoms. The third-order valence-corrected chi connectivity index (χ3v) is 2.41. The van der Waals surface area contributed by atoms with Gasteiger partial charge in [-0.25, -0.2) is 0 Å². The van der Waals surface area contributed by atoms with E-state index in [1.165, 1.54) is 37.7 Å². The summed E-state index contributed by atoms with van der Waals surface area (Å²) in [5, 5.41) is 0. The predicted octanol–water partition coefficient (Wildman–Crippen LogP) is 3.26. The highest BCUT2D eigenvalue weighted by molar-refractivity contribution is 5.61. The summed E-state index contributed by atoms with van der Waals surface area (Å²) in [6, 6.07) is 0. The zero-order valence-electron chi connectivity index (χ0n) is 8.60. The summed E-state index contributed by atoms with van der Waals surface area (Å²) in [6.07, 6.45) is 9.15. The van der Waals surface area contributed by atoms with E-state index in [4.69, 9.17) is 0 Å². The van der Waals surface area contributed by atoms with Gasteiger partial charge in [0.1, 0.15) is 6.29 Å². The van der Waals surface area contributed by atoms with Gasteiger partial charge in [0.25, 0.3) is 0 Å². The Morgan fingerprint density at radius 2 is 1.85 bits per heavy atom. The number of hydrogen-bond donors (Lipinski definition) is 0. The van der Waals surface area contributed by atoms with Gasteiger partial charge in [-0.15, -0.1) is 5.73 Å². The molecule has 0 N–H and O–H groups in total. The van der Waals surface area contributed by atoms with Gasteiger partial charge in [-0.05, 0) is 51.2 Å². The second-order valence-electron chi connectivity index (χ2n) is 4.39. The summed E-state index contributed by atoms with van der Waals surface area (Å²) in [4.78, 5) is 10.6. The Kier molecular flexibility index (Phi) is 3.50. The Hall–Kier alpha value is -0.810. The van der Waals surface area contributed by atoms with Crippen molar-refractivity contribution in [3.63, 3.8) is 0 Å². The van der Waals surface area contributed by atoms with Crippen LogP contribution in [-0.2, 0) is 4.79 Å². The molecule has 1 saturated carbocycles. The Morgan fingerprint density at radius 1 is 1.23 bits per heavy atom. The maximum absolute atomic E-state index is 10.6. The monoisotopic (exact) mass is 178 g/mol. The van der Waals surface area contributed by atoms with E-state index in [1.54, 1.807) is 0 Å². The van der Waals surface area contributed by atoms with Gasteiger partial charge in [-0.3, -0.25) is 0 Å². The van der Waals surface area contributed by atoms with Crippen molar-refractivity contribution in [1.82, 2.24) is 0 Å². The van der Waals surface area contributed by atoms with Gasteiger partial charge in [0.05, 0.1) is 0 Å². The number of hydrogen-bond acceptors (Lipinski definition) is 1. The zero-order chi connectivity index (χ0) is 9.73. The lowest BCUT2D eigenvalue weighted by Gasteiger charge is -2.12. The molecule has 1 rings (SSSR count). The van der Waals surface area contributed by atoms with Gasteiger partial charge in [0.2, 0.25) is 0 Å². The first kappa shape index (κ1) is 10.3. The minimum absolute atomic E-state index is 0.343. The molecule has 1 heteroatoms. The topological polar surface area (TPSA) is 17.1 Å².